The maximum absolute atomic E-state index is 12.4. The van der Waals surface area contributed by atoms with E-state index < -0.39 is 4.92 Å². The molecule has 0 aliphatic rings. The third kappa shape index (κ3) is 6.00. The van der Waals surface area contributed by atoms with Crippen LogP contribution in [0.3, 0.4) is 0 Å². The number of nitro benzene ring substituents is 1. The largest absolute Gasteiger partial charge is 0.487 e. The predicted octanol–water partition coefficient (Wildman–Crippen LogP) is 4.65. The second-order valence-electron chi connectivity index (χ2n) is 8.84. The summed E-state index contributed by atoms with van der Waals surface area (Å²) in [4.78, 5) is 30.5. The number of carbonyl (C=O) groups excluding carboxylic acids is 1. The normalized spacial score (nSPS) is 11.2. The third-order valence-electron chi connectivity index (χ3n) is 5.93. The molecule has 2 N–H and O–H groups in total. The van der Waals surface area contributed by atoms with E-state index in [-0.39, 0.29) is 24.7 Å². The highest BCUT2D eigenvalue weighted by Crippen LogP contribution is 2.22. The van der Waals surface area contributed by atoms with Gasteiger partial charge < -0.3 is 15.0 Å². The van der Waals surface area contributed by atoms with E-state index in [1.807, 2.05) is 36.4 Å². The monoisotopic (exact) mass is 534 g/mol. The average Bonchev–Trinajstić information content (AvgIpc) is 3.59. The highest BCUT2D eigenvalue weighted by Gasteiger charge is 2.12. The fourth-order valence-corrected chi connectivity index (χ4v) is 3.94. The topological polar surface area (TPSA) is 165 Å². The van der Waals surface area contributed by atoms with Crippen molar-refractivity contribution in [1.82, 2.24) is 25.0 Å². The van der Waals surface area contributed by atoms with Crippen LogP contribution in [-0.2, 0) is 17.9 Å². The molecule has 5 aromatic rings. The fourth-order valence-electron chi connectivity index (χ4n) is 3.94. The van der Waals surface area contributed by atoms with E-state index in [9.17, 15) is 20.2 Å². The number of fused-ring (bicyclic) bond motifs is 1. The van der Waals surface area contributed by atoms with Gasteiger partial charge in [0.1, 0.15) is 36.5 Å². The van der Waals surface area contributed by atoms with E-state index in [1.165, 1.54) is 22.9 Å². The van der Waals surface area contributed by atoms with E-state index in [4.69, 9.17) is 4.74 Å². The van der Waals surface area contributed by atoms with Crippen LogP contribution in [0.15, 0.2) is 72.9 Å². The second kappa shape index (κ2) is 11.3. The molecule has 0 atom stereocenters. The number of amides is 1. The Balaban J connectivity index is 1.16. The predicted molar refractivity (Wildman–Crippen MR) is 147 cm³/mol. The number of aryl methyl sites for hydroxylation is 1. The van der Waals surface area contributed by atoms with Crippen LogP contribution in [0.1, 0.15) is 22.6 Å². The number of nitrogens with zero attached hydrogens (tertiary/aromatic N) is 6. The van der Waals surface area contributed by atoms with Crippen LogP contribution in [0.25, 0.3) is 22.7 Å². The lowest BCUT2D eigenvalue weighted by atomic mass is 10.1. The summed E-state index contributed by atoms with van der Waals surface area (Å²) in [6.07, 6.45) is 3.35. The molecule has 2 aromatic heterocycles. The summed E-state index contributed by atoms with van der Waals surface area (Å²) in [5.41, 5.74) is 4.42. The first kappa shape index (κ1) is 25.8. The number of rotatable bonds is 9. The quantitative estimate of drug-likeness (QED) is 0.157. The molecule has 3 aromatic carbocycles. The van der Waals surface area contributed by atoms with E-state index in [2.05, 4.69) is 31.7 Å². The number of aromatic amines is 1. The molecule has 0 spiro atoms. The van der Waals surface area contributed by atoms with Gasteiger partial charge in [-0.3, -0.25) is 14.9 Å². The van der Waals surface area contributed by atoms with Crippen molar-refractivity contribution in [1.29, 1.82) is 5.26 Å². The maximum Gasteiger partial charge on any atom is 0.269 e. The Morgan fingerprint density at radius 3 is 2.73 bits per heavy atom. The molecule has 0 radical (unpaired) electrons. The lowest BCUT2D eigenvalue weighted by Gasteiger charge is -2.08. The molecule has 0 aliphatic carbocycles. The second-order valence-corrected chi connectivity index (χ2v) is 8.84. The lowest BCUT2D eigenvalue weighted by Crippen LogP contribution is -2.19. The molecule has 2 heterocycles. The van der Waals surface area contributed by atoms with Crippen LogP contribution < -0.4 is 10.1 Å². The van der Waals surface area contributed by atoms with Crippen LogP contribution in [0.4, 0.5) is 11.4 Å². The van der Waals surface area contributed by atoms with Gasteiger partial charge in [-0.15, -0.1) is 5.10 Å². The Morgan fingerprint density at radius 2 is 2.00 bits per heavy atom. The Kier molecular flexibility index (Phi) is 7.28. The Bertz CT molecular complexity index is 1750. The zero-order valence-electron chi connectivity index (χ0n) is 21.2. The van der Waals surface area contributed by atoms with Crippen molar-refractivity contribution in [3.8, 4) is 11.8 Å². The van der Waals surface area contributed by atoms with Crippen LogP contribution in [-0.4, -0.2) is 35.8 Å². The number of nitriles is 1. The number of hydrogen-bond donors (Lipinski definition) is 2. The molecule has 1 amide bonds. The van der Waals surface area contributed by atoms with Gasteiger partial charge in [-0.05, 0) is 54.5 Å². The number of non-ortho nitro benzene ring substituents is 1. The first-order valence-electron chi connectivity index (χ1n) is 12.1. The van der Waals surface area contributed by atoms with Gasteiger partial charge in [0.05, 0.1) is 27.7 Å². The summed E-state index contributed by atoms with van der Waals surface area (Å²) in [7, 11) is 0. The highest BCUT2D eigenvalue weighted by molar-refractivity contribution is 5.91. The van der Waals surface area contributed by atoms with Gasteiger partial charge in [0, 0.05) is 17.8 Å². The minimum Gasteiger partial charge on any atom is -0.487 e. The fraction of sp³-hybridized carbons (Fsp3) is 0.107. The number of carbonyl (C=O) groups is 1. The van der Waals surface area contributed by atoms with Gasteiger partial charge in [0.15, 0.2) is 0 Å². The summed E-state index contributed by atoms with van der Waals surface area (Å²) in [6, 6.07) is 21.2. The smallest absolute Gasteiger partial charge is 0.269 e. The van der Waals surface area contributed by atoms with Crippen LogP contribution in [0, 0.1) is 28.4 Å². The summed E-state index contributed by atoms with van der Waals surface area (Å²) in [5, 5.41) is 31.2. The summed E-state index contributed by atoms with van der Waals surface area (Å²) < 4.78 is 7.17. The van der Waals surface area contributed by atoms with Gasteiger partial charge in [0.25, 0.3) is 5.69 Å². The number of anilines is 1. The highest BCUT2D eigenvalue weighted by atomic mass is 16.6. The molecular weight excluding hydrogens is 512 g/mol. The number of imidazole rings is 1. The Hall–Kier alpha value is -5.83. The Morgan fingerprint density at radius 1 is 1.20 bits per heavy atom. The number of ether oxygens (including phenoxy) is 1. The number of aromatic nitrogens is 5. The molecule has 12 heteroatoms. The standard InChI is InChI=1S/C28H22N8O4/c1-18-12-22(36(38)39)8-11-24(18)30-27(37)16-35-15-21(33-34-35)17-40-23-9-6-19(7-10-23)13-20(14-29)28-31-25-4-2-3-5-26(25)32-28/h2-13,15H,16-17H2,1H3,(H,30,37)(H,31,32)/b20-13+. The zero-order chi connectivity index (χ0) is 28.1. The van der Waals surface area contributed by atoms with Gasteiger partial charge in [0.2, 0.25) is 5.91 Å². The minimum atomic E-state index is -0.489. The Labute approximate surface area is 227 Å². The van der Waals surface area contributed by atoms with Gasteiger partial charge in [-0.1, -0.05) is 29.5 Å². The molecule has 12 nitrogen and oxygen atoms in total. The number of para-hydroxylation sites is 2. The first-order chi connectivity index (χ1) is 19.4. The summed E-state index contributed by atoms with van der Waals surface area (Å²) in [6.45, 7) is 1.73. The number of H-pyrrole nitrogens is 1. The van der Waals surface area contributed by atoms with Crippen LogP contribution >= 0.6 is 0 Å². The molecule has 5 rings (SSSR count). The molecule has 0 unspecified atom stereocenters. The number of nitrogens with one attached hydrogen (secondary N) is 2. The van der Waals surface area contributed by atoms with Crippen molar-refractivity contribution in [2.24, 2.45) is 0 Å². The molecule has 0 saturated heterocycles. The number of hydrogen-bond acceptors (Lipinski definition) is 8. The van der Waals surface area contributed by atoms with Gasteiger partial charge >= 0.3 is 0 Å². The van der Waals surface area contributed by atoms with E-state index in [0.29, 0.717) is 34.1 Å². The first-order valence-corrected chi connectivity index (χ1v) is 12.1. The number of nitro groups is 1. The summed E-state index contributed by atoms with van der Waals surface area (Å²) >= 11 is 0. The molecule has 0 bridgehead atoms. The van der Waals surface area contributed by atoms with Crippen molar-refractivity contribution in [2.75, 3.05) is 5.32 Å². The van der Waals surface area contributed by atoms with Gasteiger partial charge in [-0.25, -0.2) is 9.67 Å². The van der Waals surface area contributed by atoms with Crippen molar-refractivity contribution in [3.05, 3.63) is 106 Å². The van der Waals surface area contributed by atoms with Crippen LogP contribution in [0.5, 0.6) is 5.75 Å². The molecule has 0 fully saturated rings. The molecule has 0 saturated carbocycles. The molecule has 198 valence electrons. The molecular formula is C28H22N8O4. The van der Waals surface area contributed by atoms with E-state index in [1.54, 1.807) is 31.3 Å². The molecule has 40 heavy (non-hydrogen) atoms. The SMILES string of the molecule is Cc1cc([N+](=O)[O-])ccc1NC(=O)Cn1cc(COc2ccc(/C=C(\C#N)c3nc4ccccc4[nH]3)cc2)nn1. The number of benzene rings is 3. The van der Waals surface area contributed by atoms with Crippen LogP contribution in [0.2, 0.25) is 0 Å². The maximum atomic E-state index is 12.4. The number of allylic oxidation sites excluding steroid dienone is 1. The van der Waals surface area contributed by atoms with Crippen molar-refractivity contribution in [3.63, 3.8) is 0 Å². The third-order valence-corrected chi connectivity index (χ3v) is 5.93. The zero-order valence-corrected chi connectivity index (χ0v) is 21.2. The molecule has 0 aliphatic heterocycles. The average molecular weight is 535 g/mol. The summed E-state index contributed by atoms with van der Waals surface area (Å²) in [5.74, 6) is 0.751. The van der Waals surface area contributed by atoms with Crippen molar-refractivity contribution in [2.45, 2.75) is 20.1 Å². The van der Waals surface area contributed by atoms with Gasteiger partial charge in [-0.2, -0.15) is 5.26 Å². The van der Waals surface area contributed by atoms with Crippen molar-refractivity contribution >= 4 is 40.0 Å². The minimum absolute atomic E-state index is 0.0444. The van der Waals surface area contributed by atoms with Crippen molar-refractivity contribution < 1.29 is 14.5 Å². The lowest BCUT2D eigenvalue weighted by molar-refractivity contribution is -0.384. The van der Waals surface area contributed by atoms with E-state index in [0.717, 1.165) is 16.6 Å². The van der Waals surface area contributed by atoms with E-state index >= 15 is 0 Å².